The molecule has 1 fully saturated rings. The van der Waals surface area contributed by atoms with Gasteiger partial charge >= 0.3 is 0 Å². The Morgan fingerprint density at radius 3 is 2.80 bits per heavy atom. The van der Waals surface area contributed by atoms with Crippen molar-refractivity contribution in [3.05, 3.63) is 30.1 Å². The van der Waals surface area contributed by atoms with E-state index >= 15 is 0 Å². The second-order valence-electron chi connectivity index (χ2n) is 5.66. The van der Waals surface area contributed by atoms with E-state index in [0.717, 1.165) is 0 Å². The standard InChI is InChI=1S/C15H21FN2O2/c1-10(2)18-15(14(17)19)8-7-11(9-15)20-13-6-4-3-5-12(13)16/h3-6,10-11,18H,7-9H2,1-2H3,(H2,17,19). The first-order chi connectivity index (χ1) is 9.43. The summed E-state index contributed by atoms with van der Waals surface area (Å²) in [5.41, 5.74) is 4.79. The van der Waals surface area contributed by atoms with Gasteiger partial charge in [0, 0.05) is 12.5 Å². The van der Waals surface area contributed by atoms with Crippen LogP contribution < -0.4 is 15.8 Å². The second-order valence-corrected chi connectivity index (χ2v) is 5.66. The van der Waals surface area contributed by atoms with Crippen molar-refractivity contribution in [1.82, 2.24) is 5.32 Å². The molecule has 0 spiro atoms. The highest BCUT2D eigenvalue weighted by molar-refractivity contribution is 5.85. The molecule has 5 heteroatoms. The quantitative estimate of drug-likeness (QED) is 0.867. The van der Waals surface area contributed by atoms with Gasteiger partial charge < -0.3 is 15.8 Å². The first-order valence-electron chi connectivity index (χ1n) is 6.92. The average Bonchev–Trinajstić information content (AvgIpc) is 2.76. The largest absolute Gasteiger partial charge is 0.487 e. The molecule has 1 aromatic rings. The summed E-state index contributed by atoms with van der Waals surface area (Å²) in [5.74, 6) is -0.533. The van der Waals surface area contributed by atoms with Crippen LogP contribution in [0, 0.1) is 5.82 Å². The van der Waals surface area contributed by atoms with Crippen LogP contribution in [0.4, 0.5) is 4.39 Å². The van der Waals surface area contributed by atoms with Gasteiger partial charge in [0.25, 0.3) is 0 Å². The van der Waals surface area contributed by atoms with Crippen molar-refractivity contribution >= 4 is 5.91 Å². The summed E-state index contributed by atoms with van der Waals surface area (Å²) < 4.78 is 19.2. The van der Waals surface area contributed by atoms with Gasteiger partial charge in [-0.1, -0.05) is 12.1 Å². The Hall–Kier alpha value is -1.62. The van der Waals surface area contributed by atoms with Gasteiger partial charge in [0.1, 0.15) is 11.6 Å². The van der Waals surface area contributed by atoms with Crippen LogP contribution in [0.3, 0.4) is 0 Å². The number of rotatable bonds is 5. The topological polar surface area (TPSA) is 64.3 Å². The van der Waals surface area contributed by atoms with Crippen molar-refractivity contribution in [3.8, 4) is 5.75 Å². The van der Waals surface area contributed by atoms with Crippen LogP contribution in [-0.4, -0.2) is 23.6 Å². The summed E-state index contributed by atoms with van der Waals surface area (Å²) in [7, 11) is 0. The molecule has 20 heavy (non-hydrogen) atoms. The zero-order valence-corrected chi connectivity index (χ0v) is 11.9. The van der Waals surface area contributed by atoms with E-state index in [4.69, 9.17) is 10.5 Å². The number of carbonyl (C=O) groups excluding carboxylic acids is 1. The van der Waals surface area contributed by atoms with Crippen molar-refractivity contribution in [2.75, 3.05) is 0 Å². The molecule has 0 saturated heterocycles. The van der Waals surface area contributed by atoms with Crippen molar-refractivity contribution in [2.24, 2.45) is 5.73 Å². The Labute approximate surface area is 118 Å². The molecule has 1 saturated carbocycles. The Morgan fingerprint density at radius 1 is 1.50 bits per heavy atom. The van der Waals surface area contributed by atoms with Gasteiger partial charge in [-0.05, 0) is 38.8 Å². The number of halogens is 1. The maximum Gasteiger partial charge on any atom is 0.237 e. The number of para-hydroxylation sites is 1. The highest BCUT2D eigenvalue weighted by Gasteiger charge is 2.45. The minimum atomic E-state index is -0.746. The van der Waals surface area contributed by atoms with Crippen LogP contribution in [0.1, 0.15) is 33.1 Å². The fourth-order valence-electron chi connectivity index (χ4n) is 2.80. The van der Waals surface area contributed by atoms with Crippen LogP contribution in [0.2, 0.25) is 0 Å². The van der Waals surface area contributed by atoms with Crippen molar-refractivity contribution in [3.63, 3.8) is 0 Å². The van der Waals surface area contributed by atoms with E-state index in [1.807, 2.05) is 13.8 Å². The lowest BCUT2D eigenvalue weighted by Crippen LogP contribution is -2.56. The summed E-state index contributed by atoms with van der Waals surface area (Å²) >= 11 is 0. The van der Waals surface area contributed by atoms with E-state index in [-0.39, 0.29) is 29.6 Å². The molecule has 1 aromatic carbocycles. The molecule has 1 amide bonds. The number of hydrogen-bond acceptors (Lipinski definition) is 3. The molecule has 2 unspecified atom stereocenters. The molecule has 2 rings (SSSR count). The molecule has 4 nitrogen and oxygen atoms in total. The zero-order chi connectivity index (χ0) is 14.8. The predicted octanol–water partition coefficient (Wildman–Crippen LogP) is 1.98. The number of amides is 1. The summed E-state index contributed by atoms with van der Waals surface area (Å²) in [5, 5.41) is 3.24. The Kier molecular flexibility index (Phi) is 4.28. The van der Waals surface area contributed by atoms with Gasteiger partial charge in [-0.2, -0.15) is 0 Å². The fraction of sp³-hybridized carbons (Fsp3) is 0.533. The van der Waals surface area contributed by atoms with Gasteiger partial charge in [0.2, 0.25) is 5.91 Å². The van der Waals surface area contributed by atoms with Crippen LogP contribution in [0.15, 0.2) is 24.3 Å². The number of benzene rings is 1. The summed E-state index contributed by atoms with van der Waals surface area (Å²) in [6.07, 6.45) is 1.55. The monoisotopic (exact) mass is 280 g/mol. The van der Waals surface area contributed by atoms with Crippen LogP contribution in [-0.2, 0) is 4.79 Å². The molecular formula is C15H21FN2O2. The normalized spacial score (nSPS) is 25.9. The van der Waals surface area contributed by atoms with E-state index in [1.54, 1.807) is 18.2 Å². The first-order valence-corrected chi connectivity index (χ1v) is 6.92. The number of carbonyl (C=O) groups is 1. The molecule has 0 bridgehead atoms. The van der Waals surface area contributed by atoms with Crippen molar-refractivity contribution in [1.29, 1.82) is 0 Å². The smallest absolute Gasteiger partial charge is 0.237 e. The highest BCUT2D eigenvalue weighted by atomic mass is 19.1. The van der Waals surface area contributed by atoms with Gasteiger partial charge in [-0.3, -0.25) is 4.79 Å². The third-order valence-electron chi connectivity index (χ3n) is 3.64. The highest BCUT2D eigenvalue weighted by Crippen LogP contribution is 2.33. The molecule has 0 aliphatic heterocycles. The summed E-state index contributed by atoms with van der Waals surface area (Å²) in [4.78, 5) is 11.8. The molecule has 3 N–H and O–H groups in total. The SMILES string of the molecule is CC(C)NC1(C(N)=O)CCC(Oc2ccccc2F)C1. The number of hydrogen-bond donors (Lipinski definition) is 2. The van der Waals surface area contributed by atoms with E-state index in [0.29, 0.717) is 19.3 Å². The van der Waals surface area contributed by atoms with Gasteiger partial charge in [-0.15, -0.1) is 0 Å². The van der Waals surface area contributed by atoms with E-state index in [9.17, 15) is 9.18 Å². The van der Waals surface area contributed by atoms with Crippen molar-refractivity contribution in [2.45, 2.75) is 50.8 Å². The van der Waals surface area contributed by atoms with Crippen molar-refractivity contribution < 1.29 is 13.9 Å². The van der Waals surface area contributed by atoms with Crippen LogP contribution in [0.25, 0.3) is 0 Å². The maximum atomic E-state index is 13.6. The maximum absolute atomic E-state index is 13.6. The summed E-state index contributed by atoms with van der Waals surface area (Å²) in [6, 6.07) is 6.44. The molecule has 0 heterocycles. The third kappa shape index (κ3) is 3.10. The second kappa shape index (κ2) is 5.79. The lowest BCUT2D eigenvalue weighted by molar-refractivity contribution is -0.124. The molecular weight excluding hydrogens is 259 g/mol. The van der Waals surface area contributed by atoms with E-state index in [2.05, 4.69) is 5.32 Å². The molecule has 2 atom stereocenters. The first kappa shape index (κ1) is 14.8. The molecule has 0 radical (unpaired) electrons. The van der Waals surface area contributed by atoms with Crippen LogP contribution >= 0.6 is 0 Å². The average molecular weight is 280 g/mol. The lowest BCUT2D eigenvalue weighted by Gasteiger charge is -2.29. The van der Waals surface area contributed by atoms with Gasteiger partial charge in [0.15, 0.2) is 11.6 Å². The number of nitrogens with two attached hydrogens (primary N) is 1. The fourth-order valence-corrected chi connectivity index (χ4v) is 2.80. The Balaban J connectivity index is 2.07. The van der Waals surface area contributed by atoms with E-state index in [1.165, 1.54) is 6.07 Å². The molecule has 1 aliphatic carbocycles. The predicted molar refractivity (Wildman–Crippen MR) is 74.9 cm³/mol. The number of nitrogens with one attached hydrogen (secondary N) is 1. The summed E-state index contributed by atoms with van der Waals surface area (Å²) in [6.45, 7) is 3.94. The molecule has 1 aliphatic rings. The molecule has 110 valence electrons. The Morgan fingerprint density at radius 2 is 2.20 bits per heavy atom. The van der Waals surface area contributed by atoms with Gasteiger partial charge in [0.05, 0.1) is 0 Å². The number of primary amides is 1. The lowest BCUT2D eigenvalue weighted by atomic mass is 9.95. The van der Waals surface area contributed by atoms with Crippen LogP contribution in [0.5, 0.6) is 5.75 Å². The van der Waals surface area contributed by atoms with E-state index < -0.39 is 5.54 Å². The van der Waals surface area contributed by atoms with Gasteiger partial charge in [-0.25, -0.2) is 4.39 Å². The minimum absolute atomic E-state index is 0.148. The molecule has 0 aromatic heterocycles. The number of ether oxygens (including phenoxy) is 1. The Bertz CT molecular complexity index is 493. The zero-order valence-electron chi connectivity index (χ0n) is 11.9. The third-order valence-corrected chi connectivity index (χ3v) is 3.64. The minimum Gasteiger partial charge on any atom is -0.487 e.